The van der Waals surface area contributed by atoms with E-state index in [1.54, 1.807) is 47.3 Å². The third kappa shape index (κ3) is 4.50. The van der Waals surface area contributed by atoms with Crippen LogP contribution in [0.25, 0.3) is 5.82 Å². The van der Waals surface area contributed by atoms with Crippen molar-refractivity contribution in [2.45, 2.75) is 0 Å². The fourth-order valence-electron chi connectivity index (χ4n) is 1.73. The predicted octanol–water partition coefficient (Wildman–Crippen LogP) is 3.17. The molecule has 3 aromatic rings. The molecule has 0 bridgehead atoms. The number of nitrogens with zero attached hydrogens (tertiary/aromatic N) is 3. The highest BCUT2D eigenvalue weighted by Crippen LogP contribution is 2.13. The third-order valence-electron chi connectivity index (χ3n) is 2.83. The zero-order valence-electron chi connectivity index (χ0n) is 11.9. The highest BCUT2D eigenvalue weighted by molar-refractivity contribution is 5.87. The van der Waals surface area contributed by atoms with Crippen LogP contribution in [0.5, 0.6) is 0 Å². The molecule has 3 rings (SSSR count). The molecule has 0 aliphatic rings. The standard InChI is InChI=1S/C9H7N3O2.C7H6O2/c13-12(14)8-3-4-10-9(7-8)11-5-1-2-6-11;8-7(9)6-4-2-1-3-5-6/h1-7H;1-5H,(H,8,9). The summed E-state index contributed by atoms with van der Waals surface area (Å²) in [5.74, 6) is -0.334. The van der Waals surface area contributed by atoms with Gasteiger partial charge in [-0.05, 0) is 24.3 Å². The normalized spacial score (nSPS) is 9.57. The second-order valence-electron chi connectivity index (χ2n) is 4.39. The van der Waals surface area contributed by atoms with E-state index in [-0.39, 0.29) is 5.69 Å². The Hall–Kier alpha value is -3.48. The fraction of sp³-hybridized carbons (Fsp3) is 0. The second kappa shape index (κ2) is 7.51. The van der Waals surface area contributed by atoms with Gasteiger partial charge in [0.1, 0.15) is 5.82 Å². The van der Waals surface area contributed by atoms with Crippen LogP contribution in [0, 0.1) is 10.1 Å². The summed E-state index contributed by atoms with van der Waals surface area (Å²) in [7, 11) is 0. The van der Waals surface area contributed by atoms with Crippen molar-refractivity contribution < 1.29 is 14.8 Å². The minimum absolute atomic E-state index is 0.0451. The molecule has 2 aromatic heterocycles. The van der Waals surface area contributed by atoms with Gasteiger partial charge in [0.25, 0.3) is 5.69 Å². The number of carboxylic acid groups (broad SMARTS) is 1. The molecule has 1 N–H and O–H groups in total. The van der Waals surface area contributed by atoms with Gasteiger partial charge in [-0.1, -0.05) is 18.2 Å². The van der Waals surface area contributed by atoms with E-state index in [0.29, 0.717) is 11.4 Å². The minimum atomic E-state index is -0.879. The van der Waals surface area contributed by atoms with E-state index in [4.69, 9.17) is 5.11 Å². The highest BCUT2D eigenvalue weighted by atomic mass is 16.6. The van der Waals surface area contributed by atoms with Gasteiger partial charge in [-0.3, -0.25) is 10.1 Å². The maximum atomic E-state index is 10.5. The van der Waals surface area contributed by atoms with E-state index in [2.05, 4.69) is 4.98 Å². The summed E-state index contributed by atoms with van der Waals surface area (Å²) >= 11 is 0. The number of benzene rings is 1. The topological polar surface area (TPSA) is 98.3 Å². The Morgan fingerprint density at radius 1 is 1.09 bits per heavy atom. The molecule has 0 atom stereocenters. The summed E-state index contributed by atoms with van der Waals surface area (Å²) in [6.45, 7) is 0. The number of carboxylic acids is 1. The summed E-state index contributed by atoms with van der Waals surface area (Å²) in [6.07, 6.45) is 4.99. The third-order valence-corrected chi connectivity index (χ3v) is 2.83. The molecule has 0 saturated heterocycles. The number of carbonyl (C=O) groups is 1. The zero-order valence-corrected chi connectivity index (χ0v) is 11.9. The lowest BCUT2D eigenvalue weighted by Crippen LogP contribution is -1.95. The fourth-order valence-corrected chi connectivity index (χ4v) is 1.73. The van der Waals surface area contributed by atoms with Crippen molar-refractivity contribution in [1.82, 2.24) is 9.55 Å². The number of aromatic carboxylic acids is 1. The van der Waals surface area contributed by atoms with Gasteiger partial charge < -0.3 is 9.67 Å². The number of aromatic nitrogens is 2. The van der Waals surface area contributed by atoms with Crippen LogP contribution in [0.2, 0.25) is 0 Å². The smallest absolute Gasteiger partial charge is 0.335 e. The molecule has 7 nitrogen and oxygen atoms in total. The molecule has 0 unspecified atom stereocenters. The first-order valence-corrected chi connectivity index (χ1v) is 6.60. The summed E-state index contributed by atoms with van der Waals surface area (Å²) in [4.78, 5) is 24.3. The first-order chi connectivity index (χ1) is 11.1. The quantitative estimate of drug-likeness (QED) is 0.591. The summed E-state index contributed by atoms with van der Waals surface area (Å²) in [5, 5.41) is 18.9. The van der Waals surface area contributed by atoms with Crippen LogP contribution in [0.15, 0.2) is 73.2 Å². The maximum Gasteiger partial charge on any atom is 0.335 e. The van der Waals surface area contributed by atoms with Gasteiger partial charge in [-0.2, -0.15) is 0 Å². The Morgan fingerprint density at radius 3 is 2.26 bits per heavy atom. The molecule has 2 heterocycles. The number of hydrogen-bond acceptors (Lipinski definition) is 4. The van der Waals surface area contributed by atoms with Gasteiger partial charge in [0.05, 0.1) is 16.6 Å². The van der Waals surface area contributed by atoms with Crippen LogP contribution in [0.4, 0.5) is 5.69 Å². The van der Waals surface area contributed by atoms with Crippen LogP contribution in [0.1, 0.15) is 10.4 Å². The average Bonchev–Trinajstić information content (AvgIpc) is 3.11. The highest BCUT2D eigenvalue weighted by Gasteiger charge is 2.06. The molecule has 0 saturated carbocycles. The molecule has 0 amide bonds. The lowest BCUT2D eigenvalue weighted by Gasteiger charge is -1.99. The lowest BCUT2D eigenvalue weighted by molar-refractivity contribution is -0.384. The molecule has 0 spiro atoms. The summed E-state index contributed by atoms with van der Waals surface area (Å²) in [6, 6.07) is 14.8. The molecular weight excluding hydrogens is 298 g/mol. The molecule has 0 aliphatic carbocycles. The molecule has 0 aliphatic heterocycles. The first-order valence-electron chi connectivity index (χ1n) is 6.60. The Labute approximate surface area is 131 Å². The Kier molecular flexibility index (Phi) is 5.19. The van der Waals surface area contributed by atoms with Gasteiger partial charge in [0.2, 0.25) is 0 Å². The van der Waals surface area contributed by atoms with E-state index < -0.39 is 10.9 Å². The number of pyridine rings is 1. The number of hydrogen-bond donors (Lipinski definition) is 1. The van der Waals surface area contributed by atoms with Gasteiger partial charge in [-0.25, -0.2) is 9.78 Å². The van der Waals surface area contributed by atoms with Crippen LogP contribution < -0.4 is 0 Å². The van der Waals surface area contributed by atoms with Crippen molar-refractivity contribution in [2.24, 2.45) is 0 Å². The largest absolute Gasteiger partial charge is 0.478 e. The Bertz CT molecular complexity index is 786. The van der Waals surface area contributed by atoms with E-state index in [9.17, 15) is 14.9 Å². The monoisotopic (exact) mass is 311 g/mol. The SMILES string of the molecule is O=C(O)c1ccccc1.O=[N+]([O-])c1ccnc(-n2cccc2)c1. The van der Waals surface area contributed by atoms with Crippen molar-refractivity contribution >= 4 is 11.7 Å². The molecule has 1 aromatic carbocycles. The van der Waals surface area contributed by atoms with Crippen molar-refractivity contribution in [3.05, 3.63) is 88.9 Å². The van der Waals surface area contributed by atoms with Crippen molar-refractivity contribution in [3.8, 4) is 5.82 Å². The van der Waals surface area contributed by atoms with E-state index in [0.717, 1.165) is 0 Å². The first kappa shape index (κ1) is 15.9. The number of rotatable bonds is 3. The molecule has 7 heteroatoms. The molecule has 0 radical (unpaired) electrons. The number of nitro groups is 1. The summed E-state index contributed by atoms with van der Waals surface area (Å²) < 4.78 is 1.72. The van der Waals surface area contributed by atoms with Crippen molar-refractivity contribution in [1.29, 1.82) is 0 Å². The van der Waals surface area contributed by atoms with E-state index >= 15 is 0 Å². The summed E-state index contributed by atoms with van der Waals surface area (Å²) in [5.41, 5.74) is 0.376. The average molecular weight is 311 g/mol. The van der Waals surface area contributed by atoms with Crippen LogP contribution in [0.3, 0.4) is 0 Å². The van der Waals surface area contributed by atoms with Crippen molar-refractivity contribution in [3.63, 3.8) is 0 Å². The zero-order chi connectivity index (χ0) is 16.7. The molecule has 116 valence electrons. The maximum absolute atomic E-state index is 10.5. The van der Waals surface area contributed by atoms with Gasteiger partial charge in [-0.15, -0.1) is 0 Å². The van der Waals surface area contributed by atoms with Gasteiger partial charge >= 0.3 is 5.97 Å². The van der Waals surface area contributed by atoms with Crippen LogP contribution in [-0.4, -0.2) is 25.6 Å². The molecule has 0 fully saturated rings. The van der Waals surface area contributed by atoms with E-state index in [1.807, 2.05) is 12.1 Å². The van der Waals surface area contributed by atoms with Crippen molar-refractivity contribution in [2.75, 3.05) is 0 Å². The Morgan fingerprint density at radius 2 is 1.74 bits per heavy atom. The van der Waals surface area contributed by atoms with Gasteiger partial charge in [0.15, 0.2) is 0 Å². The van der Waals surface area contributed by atoms with Crippen LogP contribution in [-0.2, 0) is 0 Å². The Balaban J connectivity index is 0.000000185. The molecular formula is C16H13N3O4. The minimum Gasteiger partial charge on any atom is -0.478 e. The predicted molar refractivity (Wildman–Crippen MR) is 83.6 cm³/mol. The van der Waals surface area contributed by atoms with Gasteiger partial charge in [0, 0.05) is 24.7 Å². The van der Waals surface area contributed by atoms with Crippen LogP contribution >= 0.6 is 0 Å². The van der Waals surface area contributed by atoms with E-state index in [1.165, 1.54) is 18.3 Å². The second-order valence-corrected chi connectivity index (χ2v) is 4.39. The molecule has 23 heavy (non-hydrogen) atoms. The lowest BCUT2D eigenvalue weighted by atomic mass is 10.2.